The third-order valence-corrected chi connectivity index (χ3v) is 6.36. The summed E-state index contributed by atoms with van der Waals surface area (Å²) in [5, 5.41) is 3.51. The Morgan fingerprint density at radius 1 is 1.19 bits per heavy atom. The lowest BCUT2D eigenvalue weighted by molar-refractivity contribution is -0.133. The first-order valence-corrected chi connectivity index (χ1v) is 9.12. The van der Waals surface area contributed by atoms with E-state index < -0.39 is 0 Å². The molecule has 0 radical (unpaired) electrons. The molecule has 2 fully saturated rings. The summed E-state index contributed by atoms with van der Waals surface area (Å²) in [7, 11) is 0. The van der Waals surface area contributed by atoms with Crippen LogP contribution in [0.15, 0.2) is 24.3 Å². The van der Waals surface area contributed by atoms with Gasteiger partial charge in [-0.3, -0.25) is 4.79 Å². The number of carbonyl (C=O) groups is 1. The van der Waals surface area contributed by atoms with E-state index in [9.17, 15) is 4.79 Å². The van der Waals surface area contributed by atoms with Gasteiger partial charge in [0.15, 0.2) is 0 Å². The van der Waals surface area contributed by atoms with E-state index in [1.165, 1.54) is 24.0 Å². The van der Waals surface area contributed by atoms with Gasteiger partial charge >= 0.3 is 0 Å². The number of hydrogen-bond donors (Lipinski definition) is 1. The lowest BCUT2D eigenvalue weighted by Gasteiger charge is -2.33. The van der Waals surface area contributed by atoms with Crippen LogP contribution in [0.5, 0.6) is 0 Å². The summed E-state index contributed by atoms with van der Waals surface area (Å²) in [6, 6.07) is 9.39. The molecule has 112 valence electrons. The van der Waals surface area contributed by atoms with Crippen molar-refractivity contribution in [2.45, 2.75) is 43.0 Å². The molecule has 1 amide bonds. The van der Waals surface area contributed by atoms with E-state index in [2.05, 4.69) is 34.5 Å². The number of amides is 1. The Bertz CT molecular complexity index is 533. The Kier molecular flexibility index (Phi) is 3.67. The van der Waals surface area contributed by atoms with Crippen LogP contribution in [0.1, 0.15) is 35.6 Å². The van der Waals surface area contributed by atoms with Crippen LogP contribution in [0.25, 0.3) is 0 Å². The number of rotatable bonds is 1. The molecule has 3 unspecified atom stereocenters. The standard InChI is InChI=1S/C17H22N2OS/c20-17(19-13-5-6-14(19)11-18-9-7-13)16-15-4-2-1-3-12(15)8-10-21-16/h1-4,13-14,16,18H,5-11H2. The van der Waals surface area contributed by atoms with Crippen LogP contribution in [0.4, 0.5) is 0 Å². The molecule has 3 aliphatic heterocycles. The van der Waals surface area contributed by atoms with Gasteiger partial charge in [0, 0.05) is 18.6 Å². The molecule has 1 N–H and O–H groups in total. The SMILES string of the molecule is O=C(C1SCCc2ccccc21)N1C2CCNCC1CC2. The van der Waals surface area contributed by atoms with Crippen molar-refractivity contribution in [3.05, 3.63) is 35.4 Å². The number of thioether (sulfide) groups is 1. The van der Waals surface area contributed by atoms with Gasteiger partial charge in [-0.15, -0.1) is 11.8 Å². The smallest absolute Gasteiger partial charge is 0.240 e. The summed E-state index contributed by atoms with van der Waals surface area (Å²) in [6.07, 6.45) is 4.57. The van der Waals surface area contributed by atoms with E-state index in [0.717, 1.165) is 31.7 Å². The molecule has 0 aromatic heterocycles. The molecule has 3 aliphatic rings. The highest BCUT2D eigenvalue weighted by Crippen LogP contribution is 2.41. The first kappa shape index (κ1) is 13.6. The summed E-state index contributed by atoms with van der Waals surface area (Å²) in [5.41, 5.74) is 2.63. The number of nitrogens with zero attached hydrogens (tertiary/aromatic N) is 1. The molecule has 4 heteroatoms. The Morgan fingerprint density at radius 2 is 2.05 bits per heavy atom. The molecule has 3 atom stereocenters. The molecule has 0 spiro atoms. The van der Waals surface area contributed by atoms with Crippen molar-refractivity contribution in [1.29, 1.82) is 0 Å². The van der Waals surface area contributed by atoms with Gasteiger partial charge in [-0.1, -0.05) is 24.3 Å². The van der Waals surface area contributed by atoms with Gasteiger partial charge in [-0.05, 0) is 49.1 Å². The van der Waals surface area contributed by atoms with Crippen molar-refractivity contribution in [1.82, 2.24) is 10.2 Å². The molecular weight excluding hydrogens is 280 g/mol. The molecule has 2 saturated heterocycles. The zero-order valence-corrected chi connectivity index (χ0v) is 13.1. The second kappa shape index (κ2) is 5.65. The van der Waals surface area contributed by atoms with Crippen LogP contribution in [0.2, 0.25) is 0 Å². The molecule has 1 aromatic carbocycles. The average molecular weight is 302 g/mol. The van der Waals surface area contributed by atoms with Crippen LogP contribution in [-0.4, -0.2) is 41.7 Å². The van der Waals surface area contributed by atoms with Gasteiger partial charge in [-0.25, -0.2) is 0 Å². The summed E-state index contributed by atoms with van der Waals surface area (Å²) in [5.74, 6) is 1.43. The first-order valence-electron chi connectivity index (χ1n) is 8.07. The van der Waals surface area contributed by atoms with Crippen LogP contribution in [0, 0.1) is 0 Å². The molecule has 21 heavy (non-hydrogen) atoms. The quantitative estimate of drug-likeness (QED) is 0.864. The largest absolute Gasteiger partial charge is 0.334 e. The first-order chi connectivity index (χ1) is 10.3. The fourth-order valence-electron chi connectivity index (χ4n) is 4.08. The maximum absolute atomic E-state index is 13.2. The predicted octanol–water partition coefficient (Wildman–Crippen LogP) is 2.37. The molecule has 3 nitrogen and oxygen atoms in total. The fourth-order valence-corrected chi connectivity index (χ4v) is 5.32. The fraction of sp³-hybridized carbons (Fsp3) is 0.588. The van der Waals surface area contributed by atoms with E-state index in [0.29, 0.717) is 18.0 Å². The zero-order chi connectivity index (χ0) is 14.2. The second-order valence-electron chi connectivity index (χ2n) is 6.32. The Labute approximate surface area is 130 Å². The minimum absolute atomic E-state index is 0.0242. The third kappa shape index (κ3) is 2.38. The highest BCUT2D eigenvalue weighted by Gasteiger charge is 2.41. The second-order valence-corrected chi connectivity index (χ2v) is 7.54. The van der Waals surface area contributed by atoms with Crippen molar-refractivity contribution < 1.29 is 4.79 Å². The monoisotopic (exact) mass is 302 g/mol. The molecule has 1 aromatic rings. The third-order valence-electron chi connectivity index (χ3n) is 5.13. The maximum atomic E-state index is 13.2. The van der Waals surface area contributed by atoms with E-state index >= 15 is 0 Å². The Balaban J connectivity index is 1.63. The zero-order valence-electron chi connectivity index (χ0n) is 12.3. The Hall–Kier alpha value is -1.00. The lowest BCUT2D eigenvalue weighted by atomic mass is 10.0. The van der Waals surface area contributed by atoms with E-state index in [4.69, 9.17) is 0 Å². The Morgan fingerprint density at radius 3 is 3.00 bits per heavy atom. The predicted molar refractivity (Wildman–Crippen MR) is 86.5 cm³/mol. The van der Waals surface area contributed by atoms with Crippen LogP contribution in [-0.2, 0) is 11.2 Å². The maximum Gasteiger partial charge on any atom is 0.240 e. The molecule has 2 bridgehead atoms. The van der Waals surface area contributed by atoms with Gasteiger partial charge in [0.05, 0.1) is 0 Å². The van der Waals surface area contributed by atoms with Crippen LogP contribution < -0.4 is 5.32 Å². The van der Waals surface area contributed by atoms with Gasteiger partial charge in [0.25, 0.3) is 0 Å². The van der Waals surface area contributed by atoms with Gasteiger partial charge in [0.2, 0.25) is 5.91 Å². The number of nitrogens with one attached hydrogen (secondary N) is 1. The minimum atomic E-state index is 0.0242. The number of hydrogen-bond acceptors (Lipinski definition) is 3. The van der Waals surface area contributed by atoms with Crippen LogP contribution >= 0.6 is 11.8 Å². The van der Waals surface area contributed by atoms with E-state index in [1.807, 2.05) is 11.8 Å². The minimum Gasteiger partial charge on any atom is -0.334 e. The van der Waals surface area contributed by atoms with E-state index in [1.54, 1.807) is 0 Å². The number of fused-ring (bicyclic) bond motifs is 3. The highest BCUT2D eigenvalue weighted by atomic mass is 32.2. The summed E-state index contributed by atoms with van der Waals surface area (Å²) in [4.78, 5) is 15.4. The molecule has 0 saturated carbocycles. The van der Waals surface area contributed by atoms with Crippen molar-refractivity contribution in [2.24, 2.45) is 0 Å². The topological polar surface area (TPSA) is 32.3 Å². The normalized spacial score (nSPS) is 31.6. The molecular formula is C17H22N2OS. The number of carbonyl (C=O) groups excluding carboxylic acids is 1. The molecule has 0 aliphatic carbocycles. The van der Waals surface area contributed by atoms with Crippen molar-refractivity contribution in [3.63, 3.8) is 0 Å². The van der Waals surface area contributed by atoms with Crippen molar-refractivity contribution in [2.75, 3.05) is 18.8 Å². The summed E-state index contributed by atoms with van der Waals surface area (Å²) in [6.45, 7) is 2.03. The van der Waals surface area contributed by atoms with Crippen LogP contribution in [0.3, 0.4) is 0 Å². The van der Waals surface area contributed by atoms with Gasteiger partial charge < -0.3 is 10.2 Å². The number of benzene rings is 1. The van der Waals surface area contributed by atoms with Crippen molar-refractivity contribution >= 4 is 17.7 Å². The molecule has 3 heterocycles. The van der Waals surface area contributed by atoms with Crippen molar-refractivity contribution in [3.8, 4) is 0 Å². The highest BCUT2D eigenvalue weighted by molar-refractivity contribution is 8.00. The summed E-state index contributed by atoms with van der Waals surface area (Å²) < 4.78 is 0. The lowest BCUT2D eigenvalue weighted by Crippen LogP contribution is -2.44. The summed E-state index contributed by atoms with van der Waals surface area (Å²) >= 11 is 1.83. The van der Waals surface area contributed by atoms with Gasteiger partial charge in [-0.2, -0.15) is 0 Å². The number of aryl methyl sites for hydroxylation is 1. The molecule has 4 rings (SSSR count). The average Bonchev–Trinajstić information content (AvgIpc) is 2.79. The van der Waals surface area contributed by atoms with Gasteiger partial charge in [0.1, 0.15) is 5.25 Å². The van der Waals surface area contributed by atoms with E-state index in [-0.39, 0.29) is 5.25 Å².